The normalized spacial score (nSPS) is 10.3. The van der Waals surface area contributed by atoms with Crippen molar-refractivity contribution in [2.24, 2.45) is 0 Å². The van der Waals surface area contributed by atoms with E-state index in [0.717, 1.165) is 0 Å². The summed E-state index contributed by atoms with van der Waals surface area (Å²) < 4.78 is 1.50. The van der Waals surface area contributed by atoms with Gasteiger partial charge in [-0.2, -0.15) is 0 Å². The maximum Gasteiger partial charge on any atom is 0.294 e. The molecule has 2 aromatic carbocycles. The summed E-state index contributed by atoms with van der Waals surface area (Å²) >= 11 is 0. The van der Waals surface area contributed by atoms with E-state index in [-0.39, 0.29) is 17.2 Å². The number of carbonyl (C=O) groups is 2. The van der Waals surface area contributed by atoms with Crippen LogP contribution in [-0.4, -0.2) is 26.3 Å². The van der Waals surface area contributed by atoms with E-state index in [9.17, 15) is 19.7 Å². The number of benzene rings is 2. The topological polar surface area (TPSA) is 119 Å². The Kier molecular flexibility index (Phi) is 5.45. The van der Waals surface area contributed by atoms with E-state index >= 15 is 0 Å². The van der Waals surface area contributed by atoms with E-state index in [4.69, 9.17) is 0 Å². The molecule has 0 fully saturated rings. The van der Waals surface area contributed by atoms with Crippen LogP contribution < -0.4 is 10.6 Å². The van der Waals surface area contributed by atoms with Gasteiger partial charge in [-0.25, -0.2) is 4.98 Å². The van der Waals surface area contributed by atoms with Crippen molar-refractivity contribution in [3.63, 3.8) is 0 Å². The van der Waals surface area contributed by atoms with E-state index in [2.05, 4.69) is 15.6 Å². The van der Waals surface area contributed by atoms with Crippen LogP contribution in [0.5, 0.6) is 0 Å². The lowest BCUT2D eigenvalue weighted by molar-refractivity contribution is -0.384. The van der Waals surface area contributed by atoms with Crippen LogP contribution in [0.25, 0.3) is 5.69 Å². The van der Waals surface area contributed by atoms with E-state index in [0.29, 0.717) is 23.5 Å². The maximum absolute atomic E-state index is 12.5. The van der Waals surface area contributed by atoms with Gasteiger partial charge in [0.2, 0.25) is 5.91 Å². The molecule has 1 heterocycles. The van der Waals surface area contributed by atoms with Gasteiger partial charge in [0.15, 0.2) is 0 Å². The van der Waals surface area contributed by atoms with Crippen LogP contribution in [-0.2, 0) is 4.79 Å². The van der Waals surface area contributed by atoms with Gasteiger partial charge in [0.1, 0.15) is 5.69 Å². The number of carbonyl (C=O) groups excluding carboxylic acids is 2. The fourth-order valence-corrected chi connectivity index (χ4v) is 2.52. The number of imidazole rings is 1. The summed E-state index contributed by atoms with van der Waals surface area (Å²) in [5.41, 5.74) is 1.38. The molecule has 0 aliphatic rings. The summed E-state index contributed by atoms with van der Waals surface area (Å²) in [5.74, 6) is -0.590. The summed E-state index contributed by atoms with van der Waals surface area (Å²) in [6.45, 7) is 1.75. The third-order valence-electron chi connectivity index (χ3n) is 3.96. The van der Waals surface area contributed by atoms with Crippen LogP contribution in [0.4, 0.5) is 17.1 Å². The number of rotatable bonds is 6. The molecule has 0 bridgehead atoms. The summed E-state index contributed by atoms with van der Waals surface area (Å²) in [5, 5.41) is 16.8. The summed E-state index contributed by atoms with van der Waals surface area (Å²) in [6.07, 6.45) is 4.91. The van der Waals surface area contributed by atoms with Crippen LogP contribution in [0.3, 0.4) is 0 Å². The average Bonchev–Trinajstić information content (AvgIpc) is 3.23. The van der Waals surface area contributed by atoms with Crippen molar-refractivity contribution in [3.05, 3.63) is 76.9 Å². The van der Waals surface area contributed by atoms with Crippen molar-refractivity contribution in [2.75, 3.05) is 10.6 Å². The van der Waals surface area contributed by atoms with Crippen LogP contribution in [0.15, 0.2) is 61.2 Å². The second kappa shape index (κ2) is 8.12. The molecule has 0 aliphatic carbocycles. The van der Waals surface area contributed by atoms with E-state index < -0.39 is 10.8 Å². The summed E-state index contributed by atoms with van der Waals surface area (Å²) in [6, 6.07) is 10.8. The van der Waals surface area contributed by atoms with Gasteiger partial charge in [-0.1, -0.05) is 6.92 Å². The minimum absolute atomic E-state index is 0.109. The molecule has 0 radical (unpaired) electrons. The minimum atomic E-state index is -0.544. The van der Waals surface area contributed by atoms with Crippen molar-refractivity contribution in [1.29, 1.82) is 0 Å². The van der Waals surface area contributed by atoms with Crippen molar-refractivity contribution in [3.8, 4) is 5.69 Å². The zero-order chi connectivity index (χ0) is 20.1. The number of nitrogens with one attached hydrogen (secondary N) is 2. The highest BCUT2D eigenvalue weighted by Crippen LogP contribution is 2.25. The van der Waals surface area contributed by atoms with Gasteiger partial charge in [-0.05, 0) is 36.4 Å². The Morgan fingerprint density at radius 3 is 2.36 bits per heavy atom. The Bertz CT molecular complexity index is 1010. The van der Waals surface area contributed by atoms with Gasteiger partial charge in [0.05, 0.1) is 11.3 Å². The first-order valence-corrected chi connectivity index (χ1v) is 8.46. The smallest absolute Gasteiger partial charge is 0.294 e. The number of nitro groups is 1. The van der Waals surface area contributed by atoms with Gasteiger partial charge in [0, 0.05) is 41.8 Å². The average molecular weight is 379 g/mol. The standard InChI is InChI=1S/C19H17N5O4/c1-2-18(25)21-14-4-6-15(7-5-14)22-19(26)13-3-8-16(17(11-13)24(27)28)23-10-9-20-12-23/h3-12H,2H2,1H3,(H,21,25)(H,22,26). The first kappa shape index (κ1) is 18.8. The highest BCUT2D eigenvalue weighted by atomic mass is 16.6. The predicted octanol–water partition coefficient (Wildman–Crippen LogP) is 3.38. The number of hydrogen-bond donors (Lipinski definition) is 2. The molecule has 0 saturated carbocycles. The molecule has 142 valence electrons. The number of nitro benzene ring substituents is 1. The molecule has 28 heavy (non-hydrogen) atoms. The highest BCUT2D eigenvalue weighted by molar-refractivity contribution is 6.05. The molecule has 0 unspecified atom stereocenters. The minimum Gasteiger partial charge on any atom is -0.326 e. The molecule has 1 aromatic heterocycles. The Labute approximate surface area is 160 Å². The lowest BCUT2D eigenvalue weighted by Crippen LogP contribution is -2.13. The lowest BCUT2D eigenvalue weighted by Gasteiger charge is -2.09. The Balaban J connectivity index is 1.78. The second-order valence-electron chi connectivity index (χ2n) is 5.86. The van der Waals surface area contributed by atoms with Gasteiger partial charge >= 0.3 is 0 Å². The predicted molar refractivity (Wildman–Crippen MR) is 104 cm³/mol. The zero-order valence-electron chi connectivity index (χ0n) is 15.0. The highest BCUT2D eigenvalue weighted by Gasteiger charge is 2.19. The van der Waals surface area contributed by atoms with Gasteiger partial charge < -0.3 is 15.2 Å². The largest absolute Gasteiger partial charge is 0.326 e. The monoisotopic (exact) mass is 379 g/mol. The molecule has 2 N–H and O–H groups in total. The number of hydrogen-bond acceptors (Lipinski definition) is 5. The molecule has 2 amide bonds. The van der Waals surface area contributed by atoms with Gasteiger partial charge in [-0.3, -0.25) is 19.7 Å². The quantitative estimate of drug-likeness (QED) is 0.503. The van der Waals surface area contributed by atoms with Crippen molar-refractivity contribution >= 4 is 28.9 Å². The second-order valence-corrected chi connectivity index (χ2v) is 5.86. The molecular weight excluding hydrogens is 362 g/mol. The fourth-order valence-electron chi connectivity index (χ4n) is 2.52. The molecular formula is C19H17N5O4. The molecule has 0 aliphatic heterocycles. The van der Waals surface area contributed by atoms with Crippen molar-refractivity contribution in [2.45, 2.75) is 13.3 Å². The molecule has 0 spiro atoms. The number of nitrogens with zero attached hydrogens (tertiary/aromatic N) is 3. The number of anilines is 2. The first-order chi connectivity index (χ1) is 13.5. The molecule has 9 heteroatoms. The molecule has 3 rings (SSSR count). The maximum atomic E-state index is 12.5. The Morgan fingerprint density at radius 1 is 1.11 bits per heavy atom. The SMILES string of the molecule is CCC(=O)Nc1ccc(NC(=O)c2ccc(-n3ccnc3)c([N+](=O)[O-])c2)cc1. The van der Waals surface area contributed by atoms with E-state index in [1.54, 1.807) is 37.4 Å². The van der Waals surface area contributed by atoms with Crippen LogP contribution >= 0.6 is 0 Å². The number of aromatic nitrogens is 2. The van der Waals surface area contributed by atoms with Crippen LogP contribution in [0.2, 0.25) is 0 Å². The van der Waals surface area contributed by atoms with E-state index in [1.165, 1.54) is 35.3 Å². The molecule has 0 atom stereocenters. The fraction of sp³-hybridized carbons (Fsp3) is 0.105. The Hall–Kier alpha value is -4.01. The molecule has 3 aromatic rings. The Morgan fingerprint density at radius 2 is 1.79 bits per heavy atom. The molecule has 0 saturated heterocycles. The van der Waals surface area contributed by atoms with Crippen LogP contribution in [0, 0.1) is 10.1 Å². The third-order valence-corrected chi connectivity index (χ3v) is 3.96. The van der Waals surface area contributed by atoms with E-state index in [1.807, 2.05) is 0 Å². The third kappa shape index (κ3) is 4.21. The molecule has 9 nitrogen and oxygen atoms in total. The number of amides is 2. The van der Waals surface area contributed by atoms with Crippen molar-refractivity contribution in [1.82, 2.24) is 9.55 Å². The lowest BCUT2D eigenvalue weighted by atomic mass is 10.1. The van der Waals surface area contributed by atoms with Crippen molar-refractivity contribution < 1.29 is 14.5 Å². The van der Waals surface area contributed by atoms with Gasteiger partial charge in [-0.15, -0.1) is 0 Å². The summed E-state index contributed by atoms with van der Waals surface area (Å²) in [4.78, 5) is 38.6. The first-order valence-electron chi connectivity index (χ1n) is 8.46. The summed E-state index contributed by atoms with van der Waals surface area (Å²) in [7, 11) is 0. The zero-order valence-corrected chi connectivity index (χ0v) is 15.0. The van der Waals surface area contributed by atoms with Crippen LogP contribution in [0.1, 0.15) is 23.7 Å². The van der Waals surface area contributed by atoms with Gasteiger partial charge in [0.25, 0.3) is 11.6 Å².